The van der Waals surface area contributed by atoms with E-state index in [0.29, 0.717) is 45.3 Å². The van der Waals surface area contributed by atoms with Crippen molar-refractivity contribution in [1.29, 1.82) is 0 Å². The summed E-state index contributed by atoms with van der Waals surface area (Å²) in [4.78, 5) is 0. The Balaban J connectivity index is 1.36. The fourth-order valence-corrected chi connectivity index (χ4v) is 13.2. The summed E-state index contributed by atoms with van der Waals surface area (Å²) in [6.07, 6.45) is 10.8. The molecule has 5 saturated carbocycles. The van der Waals surface area contributed by atoms with Gasteiger partial charge in [0.1, 0.15) is 12.2 Å². The molecule has 0 bridgehead atoms. The second kappa shape index (κ2) is 9.95. The number of aliphatic hydroxyl groups is 4. The van der Waals surface area contributed by atoms with Gasteiger partial charge in [0.15, 0.2) is 0 Å². The van der Waals surface area contributed by atoms with Gasteiger partial charge in [0.05, 0.1) is 12.2 Å². The molecular formula is C35H62O4. The maximum absolute atomic E-state index is 10.8. The molecule has 0 aromatic carbocycles. The molecule has 0 aliphatic heterocycles. The van der Waals surface area contributed by atoms with E-state index in [1.165, 1.54) is 77.6 Å². The van der Waals surface area contributed by atoms with Crippen molar-refractivity contribution in [3.8, 4) is 0 Å². The van der Waals surface area contributed by atoms with Crippen LogP contribution in [0.15, 0.2) is 0 Å². The SMILES string of the molecule is CC(O)C(O)C(O)C(O)CC(C)[C@H]1CC[C@]2(C)[C@H]3CC[C@@H]4[C@@]5(C)CCCC(C)(C)[C@@H]5CC[C@@]4(C)[C@]3(C)CC[C@@H]12. The van der Waals surface area contributed by atoms with Crippen LogP contribution in [0.3, 0.4) is 0 Å². The van der Waals surface area contributed by atoms with E-state index >= 15 is 0 Å². The first-order valence-corrected chi connectivity index (χ1v) is 16.8. The lowest BCUT2D eigenvalue weighted by molar-refractivity contribution is -0.241. The van der Waals surface area contributed by atoms with Crippen LogP contribution in [-0.2, 0) is 0 Å². The fourth-order valence-electron chi connectivity index (χ4n) is 13.2. The van der Waals surface area contributed by atoms with E-state index in [2.05, 4.69) is 48.5 Å². The van der Waals surface area contributed by atoms with Gasteiger partial charge in [0.2, 0.25) is 0 Å². The maximum atomic E-state index is 10.8. The standard InChI is InChI=1S/C35H62O4/c1-21(20-25(37)30(39)29(38)22(2)36)23-12-17-32(5)24(23)13-18-34(7)27(32)10-11-28-33(6)16-9-15-31(3,4)26(33)14-19-35(28,34)8/h21-30,36-39H,9-20H2,1-8H3/t21?,22?,23-,24+,25?,26+,27-,28-,29?,30?,32+,33+,34-,35-/m1/s1. The highest BCUT2D eigenvalue weighted by Gasteiger charge is 2.70. The third-order valence-electron chi connectivity index (χ3n) is 15.3. The average molecular weight is 547 g/mol. The van der Waals surface area contributed by atoms with E-state index in [0.717, 1.165) is 17.8 Å². The number of hydrogen-bond acceptors (Lipinski definition) is 4. The molecule has 4 heteroatoms. The monoisotopic (exact) mass is 546 g/mol. The summed E-state index contributed by atoms with van der Waals surface area (Å²) in [5.41, 5.74) is 2.14. The average Bonchev–Trinajstić information content (AvgIpc) is 3.20. The number of rotatable bonds is 6. The zero-order valence-electron chi connectivity index (χ0n) is 26.5. The van der Waals surface area contributed by atoms with Gasteiger partial charge in [-0.2, -0.15) is 0 Å². The van der Waals surface area contributed by atoms with Crippen LogP contribution in [-0.4, -0.2) is 44.8 Å². The van der Waals surface area contributed by atoms with Gasteiger partial charge in [-0.1, -0.05) is 54.9 Å². The lowest BCUT2D eigenvalue weighted by Crippen LogP contribution is -2.65. The molecule has 0 spiro atoms. The third-order valence-corrected chi connectivity index (χ3v) is 15.3. The van der Waals surface area contributed by atoms with E-state index in [9.17, 15) is 20.4 Å². The number of hydrogen-bond donors (Lipinski definition) is 4. The summed E-state index contributed by atoms with van der Waals surface area (Å²) in [5.74, 6) is 4.01. The zero-order chi connectivity index (χ0) is 28.8. The van der Waals surface area contributed by atoms with Gasteiger partial charge in [0, 0.05) is 0 Å². The van der Waals surface area contributed by atoms with Crippen molar-refractivity contribution < 1.29 is 20.4 Å². The minimum atomic E-state index is -1.31. The Morgan fingerprint density at radius 1 is 0.615 bits per heavy atom. The van der Waals surface area contributed by atoms with Crippen LogP contribution >= 0.6 is 0 Å². The molecule has 5 aliphatic rings. The Hall–Kier alpha value is -0.160. The molecule has 5 unspecified atom stereocenters. The molecule has 5 rings (SSSR count). The van der Waals surface area contributed by atoms with Gasteiger partial charge in [-0.3, -0.25) is 0 Å². The van der Waals surface area contributed by atoms with Crippen LogP contribution in [0, 0.1) is 62.6 Å². The molecule has 5 aliphatic carbocycles. The molecule has 0 aromatic rings. The summed E-state index contributed by atoms with van der Waals surface area (Å²) in [6.45, 7) is 19.6. The lowest BCUT2D eigenvalue weighted by Gasteiger charge is -2.73. The third kappa shape index (κ3) is 4.34. The van der Waals surface area contributed by atoms with Gasteiger partial charge in [-0.25, -0.2) is 0 Å². The number of fused-ring (bicyclic) bond motifs is 7. The van der Waals surface area contributed by atoms with Crippen molar-refractivity contribution in [2.75, 3.05) is 0 Å². The van der Waals surface area contributed by atoms with Crippen molar-refractivity contribution in [3.05, 3.63) is 0 Å². The lowest BCUT2D eigenvalue weighted by atomic mass is 9.32. The fraction of sp³-hybridized carbons (Fsp3) is 1.00. The molecule has 4 nitrogen and oxygen atoms in total. The van der Waals surface area contributed by atoms with Crippen molar-refractivity contribution in [2.24, 2.45) is 62.6 Å². The molecule has 4 N–H and O–H groups in total. The Bertz CT molecular complexity index is 901. The van der Waals surface area contributed by atoms with Crippen LogP contribution in [0.1, 0.15) is 132 Å². The first-order valence-electron chi connectivity index (χ1n) is 16.8. The van der Waals surface area contributed by atoms with Crippen molar-refractivity contribution >= 4 is 0 Å². The molecule has 39 heavy (non-hydrogen) atoms. The highest BCUT2D eigenvalue weighted by molar-refractivity contribution is 5.19. The highest BCUT2D eigenvalue weighted by atomic mass is 16.4. The minimum Gasteiger partial charge on any atom is -0.391 e. The smallest absolute Gasteiger partial charge is 0.108 e. The molecule has 0 saturated heterocycles. The molecule has 14 atom stereocenters. The van der Waals surface area contributed by atoms with Gasteiger partial charge < -0.3 is 20.4 Å². The van der Waals surface area contributed by atoms with Crippen molar-refractivity contribution in [2.45, 2.75) is 157 Å². The van der Waals surface area contributed by atoms with Gasteiger partial charge in [0.25, 0.3) is 0 Å². The quantitative estimate of drug-likeness (QED) is 0.290. The van der Waals surface area contributed by atoms with Crippen molar-refractivity contribution in [3.63, 3.8) is 0 Å². The van der Waals surface area contributed by atoms with E-state index < -0.39 is 24.4 Å². The molecule has 0 amide bonds. The Morgan fingerprint density at radius 2 is 1.21 bits per heavy atom. The second-order valence-electron chi connectivity index (χ2n) is 17.3. The zero-order valence-corrected chi connectivity index (χ0v) is 26.5. The topological polar surface area (TPSA) is 80.9 Å². The predicted molar refractivity (Wildman–Crippen MR) is 158 cm³/mol. The van der Waals surface area contributed by atoms with Crippen molar-refractivity contribution in [1.82, 2.24) is 0 Å². The van der Waals surface area contributed by atoms with E-state index in [1.807, 2.05) is 0 Å². The summed E-state index contributed by atoms with van der Waals surface area (Å²) in [6, 6.07) is 0. The highest BCUT2D eigenvalue weighted by Crippen LogP contribution is 2.78. The van der Waals surface area contributed by atoms with Crippen LogP contribution in [0.2, 0.25) is 0 Å². The normalized spacial score (nSPS) is 50.9. The Kier molecular flexibility index (Phi) is 7.73. The van der Waals surface area contributed by atoms with E-state index in [4.69, 9.17) is 0 Å². The largest absolute Gasteiger partial charge is 0.391 e. The van der Waals surface area contributed by atoms with Gasteiger partial charge in [-0.15, -0.1) is 0 Å². The van der Waals surface area contributed by atoms with Crippen LogP contribution in [0.5, 0.6) is 0 Å². The Morgan fingerprint density at radius 3 is 1.82 bits per heavy atom. The van der Waals surface area contributed by atoms with Crippen LogP contribution in [0.4, 0.5) is 0 Å². The molecule has 0 radical (unpaired) electrons. The molecular weight excluding hydrogens is 484 g/mol. The van der Waals surface area contributed by atoms with E-state index in [-0.39, 0.29) is 5.92 Å². The molecule has 226 valence electrons. The Labute approximate surface area is 239 Å². The molecule has 0 aromatic heterocycles. The van der Waals surface area contributed by atoms with Gasteiger partial charge in [-0.05, 0) is 140 Å². The maximum Gasteiger partial charge on any atom is 0.108 e. The second-order valence-corrected chi connectivity index (χ2v) is 17.3. The van der Waals surface area contributed by atoms with E-state index in [1.54, 1.807) is 0 Å². The summed E-state index contributed by atoms with van der Waals surface area (Å²) in [7, 11) is 0. The molecule has 0 heterocycles. The summed E-state index contributed by atoms with van der Waals surface area (Å²) >= 11 is 0. The molecule has 5 fully saturated rings. The number of aliphatic hydroxyl groups excluding tert-OH is 4. The summed E-state index contributed by atoms with van der Waals surface area (Å²) < 4.78 is 0. The van der Waals surface area contributed by atoms with Gasteiger partial charge >= 0.3 is 0 Å². The summed E-state index contributed by atoms with van der Waals surface area (Å²) in [5, 5.41) is 41.0. The predicted octanol–water partition coefficient (Wildman–Crippen LogP) is 6.97. The minimum absolute atomic E-state index is 0.290. The van der Waals surface area contributed by atoms with Crippen LogP contribution < -0.4 is 0 Å². The first kappa shape index (κ1) is 30.3. The van der Waals surface area contributed by atoms with Crippen LogP contribution in [0.25, 0.3) is 0 Å². The first-order chi connectivity index (χ1) is 18.0.